The van der Waals surface area contributed by atoms with Gasteiger partial charge in [-0.15, -0.1) is 0 Å². The number of fused-ring (bicyclic) bond motifs is 1. The summed E-state index contributed by atoms with van der Waals surface area (Å²) in [6.45, 7) is 3.25. The Hall–Kier alpha value is -1.34. The molecule has 1 fully saturated rings. The molecule has 2 aliphatic heterocycles. The van der Waals surface area contributed by atoms with Crippen molar-refractivity contribution in [2.75, 3.05) is 40.0 Å². The highest BCUT2D eigenvalue weighted by Crippen LogP contribution is 2.31. The molecule has 0 spiro atoms. The summed E-state index contributed by atoms with van der Waals surface area (Å²) in [5, 5.41) is 19.7. The van der Waals surface area contributed by atoms with E-state index in [0.29, 0.717) is 26.4 Å². The van der Waals surface area contributed by atoms with Crippen molar-refractivity contribution >= 4 is 0 Å². The van der Waals surface area contributed by atoms with Gasteiger partial charge in [0.2, 0.25) is 0 Å². The quantitative estimate of drug-likeness (QED) is 0.831. The van der Waals surface area contributed by atoms with E-state index < -0.39 is 12.2 Å². The van der Waals surface area contributed by atoms with Gasteiger partial charge in [-0.3, -0.25) is 0 Å². The Bertz CT molecular complexity index is 509. The number of hydrogen-bond acceptors (Lipinski definition) is 6. The van der Waals surface area contributed by atoms with E-state index in [1.807, 2.05) is 25.2 Å². The third kappa shape index (κ3) is 3.52. The molecule has 6 nitrogen and oxygen atoms in total. The van der Waals surface area contributed by atoms with Crippen LogP contribution in [-0.4, -0.2) is 67.3 Å². The van der Waals surface area contributed by atoms with Crippen LogP contribution in [0, 0.1) is 5.92 Å². The first kappa shape index (κ1) is 15.6. The van der Waals surface area contributed by atoms with E-state index >= 15 is 0 Å². The van der Waals surface area contributed by atoms with E-state index in [1.54, 1.807) is 0 Å². The Morgan fingerprint density at radius 1 is 1.14 bits per heavy atom. The number of nitrogens with zero attached hydrogens (tertiary/aromatic N) is 1. The first-order valence-corrected chi connectivity index (χ1v) is 7.64. The number of aliphatic hydroxyl groups is 2. The molecule has 3 rings (SSSR count). The van der Waals surface area contributed by atoms with Crippen LogP contribution >= 0.6 is 0 Å². The zero-order valence-electron chi connectivity index (χ0n) is 12.8. The highest BCUT2D eigenvalue weighted by molar-refractivity contribution is 5.43. The molecule has 2 heterocycles. The molecule has 0 saturated carbocycles. The van der Waals surface area contributed by atoms with Gasteiger partial charge in [-0.25, -0.2) is 0 Å². The van der Waals surface area contributed by atoms with Crippen molar-refractivity contribution in [3.8, 4) is 11.5 Å². The molecule has 122 valence electrons. The van der Waals surface area contributed by atoms with Crippen molar-refractivity contribution in [1.29, 1.82) is 0 Å². The molecule has 2 aliphatic rings. The molecule has 22 heavy (non-hydrogen) atoms. The smallest absolute Gasteiger partial charge is 0.161 e. The lowest BCUT2D eigenvalue weighted by Gasteiger charge is -2.34. The van der Waals surface area contributed by atoms with E-state index in [9.17, 15) is 10.2 Å². The van der Waals surface area contributed by atoms with Crippen molar-refractivity contribution < 1.29 is 24.4 Å². The van der Waals surface area contributed by atoms with Gasteiger partial charge in [0.15, 0.2) is 11.5 Å². The fourth-order valence-electron chi connectivity index (χ4n) is 2.97. The van der Waals surface area contributed by atoms with Crippen LogP contribution in [0.5, 0.6) is 11.5 Å². The summed E-state index contributed by atoms with van der Waals surface area (Å²) in [7, 11) is 1.99. The normalized spacial score (nSPS) is 27.9. The Labute approximate surface area is 130 Å². The highest BCUT2D eigenvalue weighted by Gasteiger charge is 2.31. The van der Waals surface area contributed by atoms with Crippen molar-refractivity contribution in [3.05, 3.63) is 23.8 Å². The Morgan fingerprint density at radius 2 is 1.91 bits per heavy atom. The molecular weight excluding hydrogens is 286 g/mol. The summed E-state index contributed by atoms with van der Waals surface area (Å²) in [5.74, 6) is 1.50. The molecule has 6 heteroatoms. The van der Waals surface area contributed by atoms with Gasteiger partial charge in [-0.1, -0.05) is 6.07 Å². The van der Waals surface area contributed by atoms with Crippen molar-refractivity contribution in [1.82, 2.24) is 4.90 Å². The molecule has 0 aliphatic carbocycles. The summed E-state index contributed by atoms with van der Waals surface area (Å²) in [6.07, 6.45) is -1.52. The second kappa shape index (κ2) is 6.83. The largest absolute Gasteiger partial charge is 0.486 e. The summed E-state index contributed by atoms with van der Waals surface area (Å²) < 4.78 is 16.4. The minimum atomic E-state index is -0.790. The van der Waals surface area contributed by atoms with Crippen LogP contribution in [0.25, 0.3) is 0 Å². The van der Waals surface area contributed by atoms with Gasteiger partial charge >= 0.3 is 0 Å². The Morgan fingerprint density at radius 3 is 2.73 bits per heavy atom. The van der Waals surface area contributed by atoms with Crippen LogP contribution in [0.4, 0.5) is 0 Å². The molecule has 0 bridgehead atoms. The maximum absolute atomic E-state index is 10.0. The Kier molecular flexibility index (Phi) is 4.83. The van der Waals surface area contributed by atoms with E-state index in [1.165, 1.54) is 0 Å². The molecule has 1 saturated heterocycles. The molecule has 0 unspecified atom stereocenters. The van der Waals surface area contributed by atoms with Gasteiger partial charge in [0.05, 0.1) is 19.3 Å². The summed E-state index contributed by atoms with van der Waals surface area (Å²) in [4.78, 5) is 2.11. The van der Waals surface area contributed by atoms with E-state index in [4.69, 9.17) is 14.2 Å². The lowest BCUT2D eigenvalue weighted by Crippen LogP contribution is -2.47. The summed E-state index contributed by atoms with van der Waals surface area (Å²) in [6, 6.07) is 5.94. The minimum Gasteiger partial charge on any atom is -0.486 e. The first-order valence-electron chi connectivity index (χ1n) is 7.64. The average Bonchev–Trinajstić information content (AvgIpc) is 2.52. The Balaban J connectivity index is 1.58. The molecule has 3 atom stereocenters. The third-order valence-corrected chi connectivity index (χ3v) is 4.10. The van der Waals surface area contributed by atoms with Gasteiger partial charge in [-0.05, 0) is 24.7 Å². The fraction of sp³-hybridized carbons (Fsp3) is 0.625. The zero-order valence-corrected chi connectivity index (χ0v) is 12.8. The molecule has 0 amide bonds. The lowest BCUT2D eigenvalue weighted by atomic mass is 9.96. The second-order valence-corrected chi connectivity index (χ2v) is 6.03. The number of rotatable bonds is 4. The van der Waals surface area contributed by atoms with Gasteiger partial charge < -0.3 is 29.3 Å². The highest BCUT2D eigenvalue weighted by atomic mass is 16.6. The van der Waals surface area contributed by atoms with E-state index in [0.717, 1.165) is 23.6 Å². The third-order valence-electron chi connectivity index (χ3n) is 4.10. The molecule has 0 aromatic heterocycles. The second-order valence-electron chi connectivity index (χ2n) is 6.03. The predicted octanol–water partition coefficient (Wildman–Crippen LogP) is 0.258. The summed E-state index contributed by atoms with van der Waals surface area (Å²) in [5.41, 5.74) is 1.12. The van der Waals surface area contributed by atoms with Crippen molar-refractivity contribution in [3.63, 3.8) is 0 Å². The standard InChI is InChI=1S/C16H23NO5/c1-17(8-12-9-20-10-13(18)16(12)19)7-11-2-3-14-15(6-11)22-5-4-21-14/h2-3,6,12-13,16,18-19H,4-5,7-10H2,1H3/t12-,13-,16+/m1/s1. The maximum Gasteiger partial charge on any atom is 0.161 e. The van der Waals surface area contributed by atoms with Gasteiger partial charge in [0.25, 0.3) is 0 Å². The molecule has 1 aromatic rings. The topological polar surface area (TPSA) is 71.4 Å². The predicted molar refractivity (Wildman–Crippen MR) is 80.1 cm³/mol. The molecule has 1 aromatic carbocycles. The van der Waals surface area contributed by atoms with E-state index in [-0.39, 0.29) is 12.5 Å². The first-order chi connectivity index (χ1) is 10.6. The zero-order chi connectivity index (χ0) is 15.5. The average molecular weight is 309 g/mol. The number of benzene rings is 1. The fourth-order valence-corrected chi connectivity index (χ4v) is 2.97. The van der Waals surface area contributed by atoms with Gasteiger partial charge in [0, 0.05) is 19.0 Å². The summed E-state index contributed by atoms with van der Waals surface area (Å²) >= 11 is 0. The van der Waals surface area contributed by atoms with Crippen LogP contribution in [-0.2, 0) is 11.3 Å². The minimum absolute atomic E-state index is 0.0778. The van der Waals surface area contributed by atoms with Crippen molar-refractivity contribution in [2.45, 2.75) is 18.8 Å². The van der Waals surface area contributed by atoms with Crippen LogP contribution in [0.2, 0.25) is 0 Å². The molecule has 2 N–H and O–H groups in total. The SMILES string of the molecule is CN(Cc1ccc2c(c1)OCCO2)C[C@@H]1COC[C@@H](O)[C@H]1O. The van der Waals surface area contributed by atoms with Crippen LogP contribution in [0.3, 0.4) is 0 Å². The molecule has 0 radical (unpaired) electrons. The molecular formula is C16H23NO5. The van der Waals surface area contributed by atoms with Gasteiger partial charge in [0.1, 0.15) is 19.3 Å². The monoisotopic (exact) mass is 309 g/mol. The van der Waals surface area contributed by atoms with Crippen LogP contribution in [0.1, 0.15) is 5.56 Å². The number of hydrogen-bond donors (Lipinski definition) is 2. The van der Waals surface area contributed by atoms with E-state index in [2.05, 4.69) is 4.90 Å². The van der Waals surface area contributed by atoms with Crippen molar-refractivity contribution in [2.24, 2.45) is 5.92 Å². The number of ether oxygens (including phenoxy) is 3. The maximum atomic E-state index is 10.0. The lowest BCUT2D eigenvalue weighted by molar-refractivity contribution is -0.125. The van der Waals surface area contributed by atoms with Crippen LogP contribution in [0.15, 0.2) is 18.2 Å². The van der Waals surface area contributed by atoms with Gasteiger partial charge in [-0.2, -0.15) is 0 Å². The number of aliphatic hydroxyl groups excluding tert-OH is 2. The van der Waals surface area contributed by atoms with Crippen LogP contribution < -0.4 is 9.47 Å².